The van der Waals surface area contributed by atoms with E-state index in [9.17, 15) is 0 Å². The van der Waals surface area contributed by atoms with Crippen LogP contribution in [0.3, 0.4) is 0 Å². The molecule has 1 aromatic carbocycles. The summed E-state index contributed by atoms with van der Waals surface area (Å²) < 4.78 is 5.96. The number of rotatable bonds is 3. The maximum Gasteiger partial charge on any atom is 0.298 e. The Hall–Kier alpha value is -1.85. The van der Waals surface area contributed by atoms with Gasteiger partial charge in [-0.15, -0.1) is 11.3 Å². The van der Waals surface area contributed by atoms with Crippen LogP contribution >= 0.6 is 11.3 Å². The highest BCUT2D eigenvalue weighted by Crippen LogP contribution is 2.24. The smallest absolute Gasteiger partial charge is 0.298 e. The van der Waals surface area contributed by atoms with E-state index >= 15 is 0 Å². The Balaban J connectivity index is 1.47. The molecule has 0 radical (unpaired) electrons. The minimum Gasteiger partial charge on any atom is -0.423 e. The van der Waals surface area contributed by atoms with Crippen LogP contribution in [-0.4, -0.2) is 36.1 Å². The highest BCUT2D eigenvalue weighted by atomic mass is 32.1. The van der Waals surface area contributed by atoms with Crippen LogP contribution in [0, 0.1) is 6.92 Å². The van der Waals surface area contributed by atoms with Crippen LogP contribution in [-0.2, 0) is 6.54 Å². The third kappa shape index (κ3) is 3.26. The van der Waals surface area contributed by atoms with Crippen LogP contribution in [0.25, 0.3) is 11.1 Å². The van der Waals surface area contributed by atoms with Gasteiger partial charge in [-0.25, -0.2) is 0 Å². The normalized spacial score (nSPS) is 16.8. The van der Waals surface area contributed by atoms with Crippen molar-refractivity contribution in [3.05, 3.63) is 46.2 Å². The number of hydrogen-bond acceptors (Lipinski definition) is 5. The van der Waals surface area contributed by atoms with E-state index < -0.39 is 0 Å². The van der Waals surface area contributed by atoms with Crippen molar-refractivity contribution >= 4 is 28.5 Å². The average Bonchev–Trinajstić information content (AvgIpc) is 3.13. The molecule has 4 rings (SSSR count). The van der Waals surface area contributed by atoms with Crippen molar-refractivity contribution in [2.24, 2.45) is 0 Å². The number of fused-ring (bicyclic) bond motifs is 1. The number of anilines is 1. The lowest BCUT2D eigenvalue weighted by Gasteiger charge is -2.20. The fraction of sp³-hybridized carbons (Fsp3) is 0.389. The number of hydrogen-bond donors (Lipinski definition) is 0. The molecule has 120 valence electrons. The molecule has 1 fully saturated rings. The second-order valence-corrected chi connectivity index (χ2v) is 7.20. The Morgan fingerprint density at radius 3 is 3.00 bits per heavy atom. The van der Waals surface area contributed by atoms with E-state index in [1.54, 1.807) is 0 Å². The summed E-state index contributed by atoms with van der Waals surface area (Å²) in [5, 5.41) is 2.15. The van der Waals surface area contributed by atoms with E-state index in [1.165, 1.54) is 10.4 Å². The number of thiophene rings is 1. The molecule has 0 atom stereocenters. The Morgan fingerprint density at radius 2 is 2.13 bits per heavy atom. The van der Waals surface area contributed by atoms with Gasteiger partial charge >= 0.3 is 0 Å². The first-order chi connectivity index (χ1) is 11.3. The van der Waals surface area contributed by atoms with Crippen LogP contribution in [0.15, 0.2) is 40.1 Å². The SMILES string of the molecule is Cc1ccc2oc(N3CCCN(Cc4cccs4)CC3)nc2c1. The molecule has 1 aliphatic heterocycles. The molecule has 0 unspecified atom stereocenters. The van der Waals surface area contributed by atoms with Gasteiger partial charge in [0.05, 0.1) is 0 Å². The van der Waals surface area contributed by atoms with Crippen molar-refractivity contribution in [1.29, 1.82) is 0 Å². The number of benzene rings is 1. The second kappa shape index (κ2) is 6.34. The number of aromatic nitrogens is 1. The third-order valence-corrected chi connectivity index (χ3v) is 5.21. The molecule has 2 aromatic heterocycles. The monoisotopic (exact) mass is 327 g/mol. The van der Waals surface area contributed by atoms with Crippen molar-refractivity contribution in [2.75, 3.05) is 31.1 Å². The van der Waals surface area contributed by atoms with Gasteiger partial charge in [0.15, 0.2) is 5.58 Å². The summed E-state index contributed by atoms with van der Waals surface area (Å²) in [6.45, 7) is 7.30. The van der Waals surface area contributed by atoms with Gasteiger partial charge in [0.25, 0.3) is 6.01 Å². The molecule has 0 aliphatic carbocycles. The topological polar surface area (TPSA) is 32.5 Å². The lowest BCUT2D eigenvalue weighted by Crippen LogP contribution is -2.30. The summed E-state index contributed by atoms with van der Waals surface area (Å²) >= 11 is 1.84. The van der Waals surface area contributed by atoms with Crippen molar-refractivity contribution in [3.8, 4) is 0 Å². The van der Waals surface area contributed by atoms with Gasteiger partial charge in [-0.1, -0.05) is 12.1 Å². The molecule has 4 nitrogen and oxygen atoms in total. The predicted octanol–water partition coefficient (Wildman–Crippen LogP) is 3.91. The zero-order chi connectivity index (χ0) is 15.6. The lowest BCUT2D eigenvalue weighted by molar-refractivity contribution is 0.287. The number of aryl methyl sites for hydroxylation is 1. The molecular formula is C18H21N3OS. The number of nitrogens with zero attached hydrogens (tertiary/aromatic N) is 3. The Morgan fingerprint density at radius 1 is 1.17 bits per heavy atom. The zero-order valence-corrected chi connectivity index (χ0v) is 14.2. The van der Waals surface area contributed by atoms with E-state index in [0.717, 1.165) is 56.3 Å². The van der Waals surface area contributed by atoms with Gasteiger partial charge in [0.2, 0.25) is 0 Å². The molecule has 23 heavy (non-hydrogen) atoms. The number of oxazole rings is 1. The fourth-order valence-electron chi connectivity index (χ4n) is 3.10. The van der Waals surface area contributed by atoms with E-state index in [4.69, 9.17) is 4.42 Å². The third-order valence-electron chi connectivity index (χ3n) is 4.35. The molecule has 1 aliphatic rings. The zero-order valence-electron chi connectivity index (χ0n) is 13.4. The molecular weight excluding hydrogens is 306 g/mol. The van der Waals surface area contributed by atoms with Crippen molar-refractivity contribution in [1.82, 2.24) is 9.88 Å². The van der Waals surface area contributed by atoms with Crippen LogP contribution in [0.1, 0.15) is 16.9 Å². The molecule has 3 aromatic rings. The van der Waals surface area contributed by atoms with E-state index in [0.29, 0.717) is 0 Å². The van der Waals surface area contributed by atoms with Crippen LogP contribution < -0.4 is 4.90 Å². The first kappa shape index (κ1) is 14.7. The van der Waals surface area contributed by atoms with Crippen molar-refractivity contribution < 1.29 is 4.42 Å². The first-order valence-corrected chi connectivity index (χ1v) is 9.03. The second-order valence-electron chi connectivity index (χ2n) is 6.16. The minimum absolute atomic E-state index is 0.767. The average molecular weight is 327 g/mol. The molecule has 3 heterocycles. The molecule has 0 amide bonds. The largest absolute Gasteiger partial charge is 0.423 e. The standard InChI is InChI=1S/C18H21N3OS/c1-14-5-6-17-16(12-14)19-18(22-17)21-8-3-7-20(9-10-21)13-15-4-2-11-23-15/h2,4-6,11-12H,3,7-10,13H2,1H3. The van der Waals surface area contributed by atoms with Gasteiger partial charge in [0, 0.05) is 37.6 Å². The van der Waals surface area contributed by atoms with Crippen LogP contribution in [0.5, 0.6) is 0 Å². The maximum absolute atomic E-state index is 5.96. The molecule has 0 saturated carbocycles. The summed E-state index contributed by atoms with van der Waals surface area (Å²) in [5.41, 5.74) is 3.06. The minimum atomic E-state index is 0.767. The van der Waals surface area contributed by atoms with Crippen LogP contribution in [0.2, 0.25) is 0 Å². The van der Waals surface area contributed by atoms with E-state index in [1.807, 2.05) is 17.4 Å². The van der Waals surface area contributed by atoms with Gasteiger partial charge in [-0.3, -0.25) is 4.90 Å². The van der Waals surface area contributed by atoms with Gasteiger partial charge in [0.1, 0.15) is 5.52 Å². The summed E-state index contributed by atoms with van der Waals surface area (Å²) in [6.07, 6.45) is 1.14. The van der Waals surface area contributed by atoms with Crippen molar-refractivity contribution in [2.45, 2.75) is 19.9 Å². The molecule has 0 N–H and O–H groups in total. The molecule has 5 heteroatoms. The van der Waals surface area contributed by atoms with Crippen LogP contribution in [0.4, 0.5) is 6.01 Å². The Labute approximate surface area is 140 Å². The highest BCUT2D eigenvalue weighted by Gasteiger charge is 2.19. The summed E-state index contributed by atoms with van der Waals surface area (Å²) in [4.78, 5) is 10.9. The summed E-state index contributed by atoms with van der Waals surface area (Å²) in [5.74, 6) is 0. The molecule has 0 bridgehead atoms. The lowest BCUT2D eigenvalue weighted by atomic mass is 10.2. The van der Waals surface area contributed by atoms with Gasteiger partial charge < -0.3 is 9.32 Å². The maximum atomic E-state index is 5.96. The summed E-state index contributed by atoms with van der Waals surface area (Å²) in [7, 11) is 0. The molecule has 0 spiro atoms. The van der Waals surface area contributed by atoms with E-state index in [2.05, 4.69) is 51.4 Å². The highest BCUT2D eigenvalue weighted by molar-refractivity contribution is 7.09. The summed E-state index contributed by atoms with van der Waals surface area (Å²) in [6, 6.07) is 11.3. The fourth-order valence-corrected chi connectivity index (χ4v) is 3.85. The van der Waals surface area contributed by atoms with Gasteiger partial charge in [-0.05, 0) is 42.5 Å². The predicted molar refractivity (Wildman–Crippen MR) is 95.2 cm³/mol. The molecule has 1 saturated heterocycles. The van der Waals surface area contributed by atoms with Gasteiger partial charge in [-0.2, -0.15) is 4.98 Å². The Kier molecular flexibility index (Phi) is 4.06. The quantitative estimate of drug-likeness (QED) is 0.730. The Bertz CT molecular complexity index is 781. The first-order valence-electron chi connectivity index (χ1n) is 8.15. The van der Waals surface area contributed by atoms with E-state index in [-0.39, 0.29) is 0 Å². The van der Waals surface area contributed by atoms with Crippen molar-refractivity contribution in [3.63, 3.8) is 0 Å².